The number of allylic oxidation sites excluding steroid dienone is 2. The van der Waals surface area contributed by atoms with E-state index in [1.807, 2.05) is 6.08 Å². The fraction of sp³-hybridized carbons (Fsp3) is 0.773. The van der Waals surface area contributed by atoms with Crippen molar-refractivity contribution in [2.45, 2.75) is 82.8 Å². The molecule has 0 aliphatic heterocycles. The van der Waals surface area contributed by atoms with Gasteiger partial charge in [-0.25, -0.2) is 0 Å². The second-order valence-corrected chi connectivity index (χ2v) is 8.63. The van der Waals surface area contributed by atoms with Gasteiger partial charge in [-0.1, -0.05) is 43.1 Å². The second-order valence-electron chi connectivity index (χ2n) is 8.63. The summed E-state index contributed by atoms with van der Waals surface area (Å²) in [5, 5.41) is 29.7. The Kier molecular flexibility index (Phi) is 6.93. The highest BCUT2D eigenvalue weighted by Crippen LogP contribution is 2.50. The van der Waals surface area contributed by atoms with Gasteiger partial charge in [-0.2, -0.15) is 0 Å². The molecule has 4 heteroatoms. The van der Waals surface area contributed by atoms with Crippen LogP contribution in [0.5, 0.6) is 0 Å². The highest BCUT2D eigenvalue weighted by molar-refractivity contribution is 5.66. The van der Waals surface area contributed by atoms with Crippen LogP contribution in [0.25, 0.3) is 0 Å². The van der Waals surface area contributed by atoms with Gasteiger partial charge in [-0.05, 0) is 62.7 Å². The average molecular weight is 363 g/mol. The van der Waals surface area contributed by atoms with Crippen LogP contribution in [-0.2, 0) is 4.79 Å². The summed E-state index contributed by atoms with van der Waals surface area (Å²) in [5.74, 6) is 0.838. The van der Waals surface area contributed by atoms with E-state index in [0.29, 0.717) is 24.2 Å². The maximum atomic E-state index is 10.6. The average Bonchev–Trinajstić information content (AvgIpc) is 3.14. The summed E-state index contributed by atoms with van der Waals surface area (Å²) in [5.41, 5.74) is 1.43. The molecular weight excluding hydrogens is 328 g/mol. The van der Waals surface area contributed by atoms with Crippen LogP contribution in [0.4, 0.5) is 0 Å². The Balaban J connectivity index is 1.52. The number of hydrogen-bond acceptors (Lipinski definition) is 3. The van der Waals surface area contributed by atoms with Gasteiger partial charge in [0, 0.05) is 12.3 Å². The lowest BCUT2D eigenvalue weighted by molar-refractivity contribution is -0.137. The lowest BCUT2D eigenvalue weighted by Crippen LogP contribution is -2.22. The first-order valence-electron chi connectivity index (χ1n) is 10.5. The molecule has 3 fully saturated rings. The van der Waals surface area contributed by atoms with Crippen LogP contribution >= 0.6 is 0 Å². The molecule has 4 nitrogen and oxygen atoms in total. The summed E-state index contributed by atoms with van der Waals surface area (Å²) < 4.78 is 0. The monoisotopic (exact) mass is 362 g/mol. The molecular formula is C22H34O4. The van der Waals surface area contributed by atoms with Gasteiger partial charge < -0.3 is 15.3 Å². The normalized spacial score (nSPS) is 35.2. The first kappa shape index (κ1) is 19.6. The molecule has 26 heavy (non-hydrogen) atoms. The summed E-state index contributed by atoms with van der Waals surface area (Å²) in [6.07, 6.45) is 16.3. The van der Waals surface area contributed by atoms with Crippen molar-refractivity contribution in [2.24, 2.45) is 23.7 Å². The van der Waals surface area contributed by atoms with Gasteiger partial charge >= 0.3 is 5.97 Å². The first-order valence-corrected chi connectivity index (χ1v) is 10.5. The molecule has 3 rings (SSSR count). The van der Waals surface area contributed by atoms with Crippen molar-refractivity contribution < 1.29 is 20.1 Å². The van der Waals surface area contributed by atoms with Crippen molar-refractivity contribution in [2.75, 3.05) is 0 Å². The maximum Gasteiger partial charge on any atom is 0.303 e. The largest absolute Gasteiger partial charge is 0.481 e. The van der Waals surface area contributed by atoms with Crippen molar-refractivity contribution in [3.63, 3.8) is 0 Å². The van der Waals surface area contributed by atoms with Crippen LogP contribution in [-0.4, -0.2) is 33.5 Å². The summed E-state index contributed by atoms with van der Waals surface area (Å²) in [7, 11) is 0. The highest BCUT2D eigenvalue weighted by Gasteiger charge is 2.45. The van der Waals surface area contributed by atoms with Crippen molar-refractivity contribution in [3.05, 3.63) is 23.8 Å². The third kappa shape index (κ3) is 4.98. The predicted molar refractivity (Wildman–Crippen MR) is 102 cm³/mol. The quantitative estimate of drug-likeness (QED) is 0.471. The standard InChI is InChI=1S/C22H34O4/c23-20(16-7-2-1-3-8-16)11-10-18-19-13-15(6-4-5-9-22(25)26)12-17(19)14-21(18)24/h6,10-11,16-21,23-24H,1-5,7-9,12-14H2,(H,25,26)/t17-,18-,19+,20+,21-/m1/s1. The Hall–Kier alpha value is -1.13. The van der Waals surface area contributed by atoms with E-state index in [4.69, 9.17) is 5.11 Å². The predicted octanol–water partition coefficient (Wildman–Crippen LogP) is 4.07. The van der Waals surface area contributed by atoms with Gasteiger partial charge in [0.25, 0.3) is 0 Å². The van der Waals surface area contributed by atoms with E-state index in [1.165, 1.54) is 24.8 Å². The molecule has 0 heterocycles. The minimum Gasteiger partial charge on any atom is -0.481 e. The molecule has 0 aromatic carbocycles. The first-order chi connectivity index (χ1) is 12.5. The number of aliphatic hydroxyl groups is 2. The van der Waals surface area contributed by atoms with Crippen molar-refractivity contribution in [1.82, 2.24) is 0 Å². The van der Waals surface area contributed by atoms with Gasteiger partial charge in [-0.15, -0.1) is 0 Å². The Morgan fingerprint density at radius 1 is 1.19 bits per heavy atom. The lowest BCUT2D eigenvalue weighted by atomic mass is 9.84. The summed E-state index contributed by atoms with van der Waals surface area (Å²) >= 11 is 0. The highest BCUT2D eigenvalue weighted by atomic mass is 16.4. The molecule has 0 radical (unpaired) electrons. The minimum absolute atomic E-state index is 0.156. The van der Waals surface area contributed by atoms with Gasteiger partial charge in [0.2, 0.25) is 0 Å². The molecule has 5 atom stereocenters. The van der Waals surface area contributed by atoms with Crippen LogP contribution in [0.15, 0.2) is 23.8 Å². The van der Waals surface area contributed by atoms with Gasteiger partial charge in [0.1, 0.15) is 0 Å². The molecule has 0 spiro atoms. The third-order valence-electron chi connectivity index (χ3n) is 6.80. The Morgan fingerprint density at radius 2 is 1.96 bits per heavy atom. The van der Waals surface area contributed by atoms with Crippen molar-refractivity contribution in [3.8, 4) is 0 Å². The molecule has 0 bridgehead atoms. The fourth-order valence-electron chi connectivity index (χ4n) is 5.37. The number of unbranched alkanes of at least 4 members (excludes halogenated alkanes) is 1. The molecule has 0 aromatic heterocycles. The fourth-order valence-corrected chi connectivity index (χ4v) is 5.37. The maximum absolute atomic E-state index is 10.6. The molecule has 0 amide bonds. The minimum atomic E-state index is -0.725. The van der Waals surface area contributed by atoms with Crippen LogP contribution in [0.3, 0.4) is 0 Å². The molecule has 146 valence electrons. The number of fused-ring (bicyclic) bond motifs is 1. The van der Waals surface area contributed by atoms with E-state index in [9.17, 15) is 15.0 Å². The molecule has 3 aliphatic carbocycles. The molecule has 0 saturated heterocycles. The zero-order valence-corrected chi connectivity index (χ0v) is 15.7. The second kappa shape index (κ2) is 9.18. The van der Waals surface area contributed by atoms with E-state index in [1.54, 1.807) is 0 Å². The Morgan fingerprint density at radius 3 is 2.69 bits per heavy atom. The lowest BCUT2D eigenvalue weighted by Gasteiger charge is -2.25. The van der Waals surface area contributed by atoms with Crippen LogP contribution in [0.1, 0.15) is 70.6 Å². The molecule has 0 aromatic rings. The van der Waals surface area contributed by atoms with E-state index < -0.39 is 5.97 Å². The van der Waals surface area contributed by atoms with E-state index in [-0.39, 0.29) is 24.5 Å². The van der Waals surface area contributed by atoms with E-state index in [2.05, 4.69) is 12.2 Å². The van der Waals surface area contributed by atoms with Crippen LogP contribution in [0.2, 0.25) is 0 Å². The Bertz CT molecular complexity index is 532. The summed E-state index contributed by atoms with van der Waals surface area (Å²) in [6.45, 7) is 0. The van der Waals surface area contributed by atoms with Gasteiger partial charge in [0.05, 0.1) is 12.2 Å². The van der Waals surface area contributed by atoms with Crippen molar-refractivity contribution >= 4 is 5.97 Å². The SMILES string of the molecule is O=C(O)CCCC=C1C[C@@H]2C[C@@H](O)[C@H](C=C[C@H](O)C3CCCCC3)[C@H]2C1. The number of aliphatic carboxylic acids is 1. The van der Waals surface area contributed by atoms with Crippen LogP contribution in [0, 0.1) is 23.7 Å². The van der Waals surface area contributed by atoms with E-state index in [0.717, 1.165) is 38.5 Å². The van der Waals surface area contributed by atoms with E-state index >= 15 is 0 Å². The number of rotatable bonds is 7. The number of aliphatic hydroxyl groups excluding tert-OH is 2. The van der Waals surface area contributed by atoms with Crippen LogP contribution < -0.4 is 0 Å². The zero-order valence-electron chi connectivity index (χ0n) is 15.7. The summed E-state index contributed by atoms with van der Waals surface area (Å²) in [6, 6.07) is 0. The summed E-state index contributed by atoms with van der Waals surface area (Å²) in [4.78, 5) is 10.6. The molecule has 3 N–H and O–H groups in total. The number of carboxylic acids is 1. The smallest absolute Gasteiger partial charge is 0.303 e. The number of hydrogen-bond donors (Lipinski definition) is 3. The molecule has 0 unspecified atom stereocenters. The number of carbonyl (C=O) groups is 1. The van der Waals surface area contributed by atoms with Crippen molar-refractivity contribution in [1.29, 1.82) is 0 Å². The molecule has 3 aliphatic rings. The Labute approximate surface area is 157 Å². The third-order valence-corrected chi connectivity index (χ3v) is 6.80. The number of carboxylic acid groups (broad SMARTS) is 1. The topological polar surface area (TPSA) is 77.8 Å². The van der Waals surface area contributed by atoms with Gasteiger partial charge in [-0.3, -0.25) is 4.79 Å². The molecule has 3 saturated carbocycles. The van der Waals surface area contributed by atoms with Gasteiger partial charge in [0.15, 0.2) is 0 Å². The zero-order chi connectivity index (χ0) is 18.5.